The molecule has 0 spiro atoms. The molecule has 0 aromatic heterocycles. The average molecular weight is 299 g/mol. The molecule has 0 radical (unpaired) electrons. The number of hydrogen-bond acceptors (Lipinski definition) is 4. The van der Waals surface area contributed by atoms with Crippen LogP contribution >= 0.6 is 0 Å². The van der Waals surface area contributed by atoms with E-state index in [1.54, 1.807) is 4.72 Å². The van der Waals surface area contributed by atoms with Crippen molar-refractivity contribution in [3.63, 3.8) is 0 Å². The van der Waals surface area contributed by atoms with Crippen molar-refractivity contribution in [2.24, 2.45) is 32.9 Å². The van der Waals surface area contributed by atoms with Crippen LogP contribution in [-0.4, -0.2) is 26.4 Å². The minimum Gasteiger partial charge on any atom is -0.370 e. The molecule has 0 unspecified atom stereocenters. The number of carbonyl (C=O) groups excluding carboxylic acids is 1. The number of nitrogens with zero attached hydrogens (tertiary/aromatic N) is 2. The van der Waals surface area contributed by atoms with Gasteiger partial charge in [-0.2, -0.15) is 4.99 Å². The largest absolute Gasteiger partial charge is 0.370 e. The number of carbonyl (C=O) groups is 1. The van der Waals surface area contributed by atoms with E-state index in [0.29, 0.717) is 5.69 Å². The van der Waals surface area contributed by atoms with Gasteiger partial charge in [-0.15, -0.1) is 0 Å². The Morgan fingerprint density at radius 3 is 2.05 bits per heavy atom. The molecule has 9 N–H and O–H groups in total. The van der Waals surface area contributed by atoms with E-state index in [1.165, 1.54) is 24.3 Å². The Hall–Kier alpha value is -2.82. The van der Waals surface area contributed by atoms with Gasteiger partial charge in [-0.3, -0.25) is 0 Å². The van der Waals surface area contributed by atoms with Crippen molar-refractivity contribution in [1.82, 2.24) is 4.72 Å². The highest BCUT2D eigenvalue weighted by Gasteiger charge is 2.15. The van der Waals surface area contributed by atoms with Gasteiger partial charge >= 0.3 is 6.03 Å². The van der Waals surface area contributed by atoms with Crippen molar-refractivity contribution in [1.29, 1.82) is 0 Å². The smallest absolute Gasteiger partial charge is 0.326 e. The van der Waals surface area contributed by atoms with Gasteiger partial charge in [0.05, 0.1) is 10.6 Å². The van der Waals surface area contributed by atoms with E-state index in [2.05, 4.69) is 9.98 Å². The van der Waals surface area contributed by atoms with Gasteiger partial charge in [0.25, 0.3) is 10.0 Å². The molecule has 0 fully saturated rings. The molecule has 11 heteroatoms. The van der Waals surface area contributed by atoms with Gasteiger partial charge in [0.1, 0.15) is 0 Å². The maximum atomic E-state index is 11.6. The first-order valence-corrected chi connectivity index (χ1v) is 6.55. The van der Waals surface area contributed by atoms with Crippen molar-refractivity contribution < 1.29 is 13.2 Å². The Morgan fingerprint density at radius 1 is 1.05 bits per heavy atom. The summed E-state index contributed by atoms with van der Waals surface area (Å²) in [7, 11) is -4.00. The molecule has 0 aliphatic heterocycles. The van der Waals surface area contributed by atoms with Crippen molar-refractivity contribution in [2.75, 3.05) is 0 Å². The number of hydrogen-bond donors (Lipinski definition) is 5. The van der Waals surface area contributed by atoms with E-state index in [-0.39, 0.29) is 16.8 Å². The Bertz CT molecular complexity index is 659. The lowest BCUT2D eigenvalue weighted by Gasteiger charge is -2.04. The zero-order valence-electron chi connectivity index (χ0n) is 10.1. The lowest BCUT2D eigenvalue weighted by molar-refractivity contribution is 0.253. The average Bonchev–Trinajstić information content (AvgIpc) is 2.26. The first-order valence-electron chi connectivity index (χ1n) is 5.07. The summed E-state index contributed by atoms with van der Waals surface area (Å²) >= 11 is 0. The number of guanidine groups is 2. The molecule has 2 amide bonds. The summed E-state index contributed by atoms with van der Waals surface area (Å²) in [5, 5.41) is 0. The van der Waals surface area contributed by atoms with Crippen molar-refractivity contribution in [3.05, 3.63) is 24.3 Å². The van der Waals surface area contributed by atoms with E-state index in [1.807, 2.05) is 0 Å². The Labute approximate surface area is 114 Å². The Kier molecular flexibility index (Phi) is 4.48. The molecule has 0 aliphatic carbocycles. The molecule has 0 atom stereocenters. The second kappa shape index (κ2) is 5.88. The number of nitrogens with two attached hydrogens (primary N) is 4. The van der Waals surface area contributed by atoms with Crippen LogP contribution in [0.5, 0.6) is 0 Å². The molecule has 20 heavy (non-hydrogen) atoms. The quantitative estimate of drug-likeness (QED) is 0.325. The lowest BCUT2D eigenvalue weighted by atomic mass is 10.3. The second-order valence-electron chi connectivity index (χ2n) is 3.47. The molecule has 1 aromatic rings. The van der Waals surface area contributed by atoms with Crippen LogP contribution in [0.4, 0.5) is 10.5 Å². The van der Waals surface area contributed by atoms with Crippen LogP contribution in [0.1, 0.15) is 0 Å². The second-order valence-corrected chi connectivity index (χ2v) is 5.15. The predicted molar refractivity (Wildman–Crippen MR) is 73.4 cm³/mol. The number of aliphatic imine (C=N–C) groups is 2. The summed E-state index contributed by atoms with van der Waals surface area (Å²) in [5.41, 5.74) is 20.7. The van der Waals surface area contributed by atoms with Crippen LogP contribution < -0.4 is 27.7 Å². The highest BCUT2D eigenvalue weighted by atomic mass is 32.2. The van der Waals surface area contributed by atoms with Crippen LogP contribution in [0.3, 0.4) is 0 Å². The molecule has 10 nitrogen and oxygen atoms in total. The topological polar surface area (TPSA) is 192 Å². The molecule has 0 heterocycles. The van der Waals surface area contributed by atoms with Crippen LogP contribution in [0.25, 0.3) is 0 Å². The molecule has 0 aliphatic rings. The number of primary amides is 1. The summed E-state index contributed by atoms with van der Waals surface area (Å²) in [5.74, 6) is -0.438. The van der Waals surface area contributed by atoms with E-state index in [9.17, 15) is 13.2 Å². The SMILES string of the molecule is NC(=O)NS(=O)(=O)c1ccc(N=C(N)N=C(N)N)cc1. The van der Waals surface area contributed by atoms with E-state index >= 15 is 0 Å². The van der Waals surface area contributed by atoms with E-state index in [0.717, 1.165) is 0 Å². The van der Waals surface area contributed by atoms with Gasteiger partial charge in [-0.1, -0.05) is 0 Å². The van der Waals surface area contributed by atoms with E-state index in [4.69, 9.17) is 22.9 Å². The number of amides is 2. The minimum absolute atomic E-state index is 0.157. The fourth-order valence-electron chi connectivity index (χ4n) is 1.18. The summed E-state index contributed by atoms with van der Waals surface area (Å²) in [6.07, 6.45) is 0. The molecular formula is C9H13N7O3S. The monoisotopic (exact) mass is 299 g/mol. The molecular weight excluding hydrogens is 286 g/mol. The number of benzene rings is 1. The molecule has 1 aromatic carbocycles. The summed E-state index contributed by atoms with van der Waals surface area (Å²) in [6, 6.07) is 3.96. The maximum Gasteiger partial charge on any atom is 0.326 e. The van der Waals surface area contributed by atoms with Crippen LogP contribution in [0, 0.1) is 0 Å². The summed E-state index contributed by atoms with van der Waals surface area (Å²) in [4.78, 5) is 17.7. The van der Waals surface area contributed by atoms with Gasteiger partial charge in [-0.05, 0) is 24.3 Å². The summed E-state index contributed by atoms with van der Waals surface area (Å²) in [6.45, 7) is 0. The lowest BCUT2D eigenvalue weighted by Crippen LogP contribution is -2.34. The van der Waals surface area contributed by atoms with Crippen LogP contribution in [0.15, 0.2) is 39.1 Å². The Balaban J connectivity index is 3.01. The maximum absolute atomic E-state index is 11.6. The van der Waals surface area contributed by atoms with Gasteiger partial charge in [0.15, 0.2) is 5.96 Å². The van der Waals surface area contributed by atoms with Crippen molar-refractivity contribution >= 4 is 33.7 Å². The van der Waals surface area contributed by atoms with Crippen molar-refractivity contribution in [2.45, 2.75) is 4.90 Å². The van der Waals surface area contributed by atoms with Gasteiger partial charge in [0.2, 0.25) is 5.96 Å². The zero-order chi connectivity index (χ0) is 15.3. The van der Waals surface area contributed by atoms with E-state index < -0.39 is 16.1 Å². The predicted octanol–water partition coefficient (Wildman–Crippen LogP) is -1.74. The molecule has 1 rings (SSSR count). The molecule has 0 saturated carbocycles. The minimum atomic E-state index is -4.00. The Morgan fingerprint density at radius 2 is 1.60 bits per heavy atom. The fourth-order valence-corrected chi connectivity index (χ4v) is 2.06. The third kappa shape index (κ3) is 4.45. The van der Waals surface area contributed by atoms with Crippen molar-refractivity contribution in [3.8, 4) is 0 Å². The van der Waals surface area contributed by atoms with Gasteiger partial charge in [-0.25, -0.2) is 22.9 Å². The normalized spacial score (nSPS) is 11.7. The summed E-state index contributed by atoms with van der Waals surface area (Å²) < 4.78 is 24.8. The number of urea groups is 1. The number of sulfonamides is 1. The highest BCUT2D eigenvalue weighted by Crippen LogP contribution is 2.16. The molecule has 0 bridgehead atoms. The number of nitrogens with one attached hydrogen (secondary N) is 1. The first-order chi connectivity index (χ1) is 9.20. The standard InChI is InChI=1S/C9H13N7O3S/c10-7(11)15-8(12)14-5-1-3-6(4-2-5)20(18,19)16-9(13)17/h1-4H,(H3,13,16,17)(H6,10,11,12,14,15). The first kappa shape index (κ1) is 15.2. The highest BCUT2D eigenvalue weighted by molar-refractivity contribution is 7.90. The van der Waals surface area contributed by atoms with Crippen LogP contribution in [-0.2, 0) is 10.0 Å². The molecule has 0 saturated heterocycles. The zero-order valence-corrected chi connectivity index (χ0v) is 11.0. The third-order valence-corrected chi connectivity index (χ3v) is 3.23. The third-order valence-electron chi connectivity index (χ3n) is 1.87. The number of rotatable bonds is 3. The van der Waals surface area contributed by atoms with Crippen LogP contribution in [0.2, 0.25) is 0 Å². The van der Waals surface area contributed by atoms with Gasteiger partial charge < -0.3 is 22.9 Å². The van der Waals surface area contributed by atoms with Gasteiger partial charge in [0, 0.05) is 0 Å². The fraction of sp³-hybridized carbons (Fsp3) is 0. The molecule has 108 valence electrons.